The van der Waals surface area contributed by atoms with Crippen LogP contribution in [0, 0.1) is 0 Å². The van der Waals surface area contributed by atoms with Crippen LogP contribution < -0.4 is 5.32 Å². The van der Waals surface area contributed by atoms with E-state index in [1.807, 2.05) is 0 Å². The molecule has 0 aromatic rings. The van der Waals surface area contributed by atoms with Crippen LogP contribution in [-0.4, -0.2) is 49.6 Å². The number of carbonyl (C=O) groups is 2. The summed E-state index contributed by atoms with van der Waals surface area (Å²) in [5.74, 6) is -1.49. The number of rotatable bonds is 5. The van der Waals surface area contributed by atoms with Gasteiger partial charge in [-0.1, -0.05) is 6.92 Å². The molecule has 0 atom stereocenters. The third-order valence-corrected chi connectivity index (χ3v) is 2.52. The van der Waals surface area contributed by atoms with E-state index in [0.29, 0.717) is 12.6 Å². The van der Waals surface area contributed by atoms with E-state index in [0.717, 1.165) is 13.1 Å². The Balaban J connectivity index is 2.14. The van der Waals surface area contributed by atoms with Gasteiger partial charge in [0.25, 0.3) is 0 Å². The van der Waals surface area contributed by atoms with E-state index < -0.39 is 11.9 Å². The maximum Gasteiger partial charge on any atom is 0.396 e. The zero-order valence-electron chi connectivity index (χ0n) is 9.28. The minimum absolute atomic E-state index is 0.498. The fourth-order valence-electron chi connectivity index (χ4n) is 1.52. The van der Waals surface area contributed by atoms with Crippen molar-refractivity contribution in [3.8, 4) is 0 Å². The lowest BCUT2D eigenvalue weighted by Gasteiger charge is -2.19. The summed E-state index contributed by atoms with van der Waals surface area (Å²) in [5, 5.41) is 2.53. The largest absolute Gasteiger partial charge is 0.462 e. The molecule has 0 heterocycles. The molecule has 1 amide bonds. The van der Waals surface area contributed by atoms with Gasteiger partial charge in [0.05, 0.1) is 7.11 Å². The Bertz CT molecular complexity index is 239. The van der Waals surface area contributed by atoms with Crippen molar-refractivity contribution in [2.24, 2.45) is 0 Å². The number of ether oxygens (including phenoxy) is 1. The van der Waals surface area contributed by atoms with Gasteiger partial charge in [-0.2, -0.15) is 0 Å². The van der Waals surface area contributed by atoms with E-state index in [4.69, 9.17) is 0 Å². The minimum Gasteiger partial charge on any atom is -0.462 e. The maximum atomic E-state index is 11.0. The molecule has 0 radical (unpaired) electrons. The molecule has 0 saturated heterocycles. The number of likely N-dealkylation sites (N-methyl/N-ethyl adjacent to an activating group) is 1. The average molecular weight is 214 g/mol. The highest BCUT2D eigenvalue weighted by Crippen LogP contribution is 2.25. The Labute approximate surface area is 89.8 Å². The predicted octanol–water partition coefficient (Wildman–Crippen LogP) is -0.240. The van der Waals surface area contributed by atoms with Gasteiger partial charge in [-0.25, -0.2) is 4.79 Å². The Morgan fingerprint density at radius 3 is 2.60 bits per heavy atom. The van der Waals surface area contributed by atoms with Crippen LogP contribution in [0.15, 0.2) is 0 Å². The second-order valence-corrected chi connectivity index (χ2v) is 3.61. The lowest BCUT2D eigenvalue weighted by Crippen LogP contribution is -2.39. The third-order valence-electron chi connectivity index (χ3n) is 2.52. The Hall–Kier alpha value is -1.10. The molecule has 1 rings (SSSR count). The summed E-state index contributed by atoms with van der Waals surface area (Å²) in [5.41, 5.74) is 0. The first kappa shape index (κ1) is 12.0. The molecule has 1 saturated carbocycles. The van der Waals surface area contributed by atoms with Gasteiger partial charge < -0.3 is 10.1 Å². The second kappa shape index (κ2) is 5.70. The molecule has 1 aliphatic carbocycles. The zero-order chi connectivity index (χ0) is 11.3. The molecule has 1 fully saturated rings. The lowest BCUT2D eigenvalue weighted by molar-refractivity contribution is -0.152. The van der Waals surface area contributed by atoms with E-state index in [1.54, 1.807) is 0 Å². The summed E-state index contributed by atoms with van der Waals surface area (Å²) >= 11 is 0. The normalized spacial score (nSPS) is 15.1. The first-order chi connectivity index (χ1) is 7.19. The SMILES string of the molecule is CCN(CCNC(=O)C(=O)OC)C1CC1. The summed E-state index contributed by atoms with van der Waals surface area (Å²) in [6.07, 6.45) is 2.50. The molecule has 0 aromatic carbocycles. The topological polar surface area (TPSA) is 58.6 Å². The van der Waals surface area contributed by atoms with Crippen LogP contribution in [0.3, 0.4) is 0 Å². The molecule has 1 aliphatic rings. The van der Waals surface area contributed by atoms with Crippen molar-refractivity contribution in [3.05, 3.63) is 0 Å². The molecule has 0 unspecified atom stereocenters. The molecular weight excluding hydrogens is 196 g/mol. The summed E-state index contributed by atoms with van der Waals surface area (Å²) in [6, 6.07) is 0.685. The smallest absolute Gasteiger partial charge is 0.396 e. The number of methoxy groups -OCH3 is 1. The zero-order valence-corrected chi connectivity index (χ0v) is 9.28. The number of esters is 1. The lowest BCUT2D eigenvalue weighted by atomic mass is 10.4. The summed E-state index contributed by atoms with van der Waals surface area (Å²) in [7, 11) is 1.20. The van der Waals surface area contributed by atoms with Crippen LogP contribution in [0.5, 0.6) is 0 Å². The monoisotopic (exact) mass is 214 g/mol. The summed E-state index contributed by atoms with van der Waals surface area (Å²) in [4.78, 5) is 24.1. The minimum atomic E-state index is -0.829. The molecule has 15 heavy (non-hydrogen) atoms. The quantitative estimate of drug-likeness (QED) is 0.507. The van der Waals surface area contributed by atoms with Crippen LogP contribution in [0.2, 0.25) is 0 Å². The number of nitrogens with one attached hydrogen (secondary N) is 1. The molecule has 0 aliphatic heterocycles. The fraction of sp³-hybridized carbons (Fsp3) is 0.800. The summed E-state index contributed by atoms with van der Waals surface area (Å²) in [6.45, 7) is 4.38. The van der Waals surface area contributed by atoms with E-state index >= 15 is 0 Å². The first-order valence-electron chi connectivity index (χ1n) is 5.29. The third kappa shape index (κ3) is 3.87. The van der Waals surface area contributed by atoms with Crippen molar-refractivity contribution in [3.63, 3.8) is 0 Å². The number of hydrogen-bond acceptors (Lipinski definition) is 4. The van der Waals surface area contributed by atoms with Crippen molar-refractivity contribution in [1.29, 1.82) is 0 Å². The van der Waals surface area contributed by atoms with Crippen molar-refractivity contribution in [2.75, 3.05) is 26.7 Å². The molecule has 5 heteroatoms. The number of carbonyl (C=O) groups excluding carboxylic acids is 2. The van der Waals surface area contributed by atoms with Crippen LogP contribution in [0.1, 0.15) is 19.8 Å². The highest BCUT2D eigenvalue weighted by atomic mass is 16.5. The van der Waals surface area contributed by atoms with Gasteiger partial charge in [0, 0.05) is 19.1 Å². The van der Waals surface area contributed by atoms with E-state index in [1.165, 1.54) is 20.0 Å². The van der Waals surface area contributed by atoms with Crippen LogP contribution in [0.4, 0.5) is 0 Å². The second-order valence-electron chi connectivity index (χ2n) is 3.61. The predicted molar refractivity (Wildman–Crippen MR) is 55.3 cm³/mol. The van der Waals surface area contributed by atoms with Gasteiger partial charge in [0.1, 0.15) is 0 Å². The molecule has 86 valence electrons. The number of nitrogens with zero attached hydrogens (tertiary/aromatic N) is 1. The van der Waals surface area contributed by atoms with Crippen molar-refractivity contribution < 1.29 is 14.3 Å². The molecule has 0 aromatic heterocycles. The average Bonchev–Trinajstić information content (AvgIpc) is 3.06. The molecule has 1 N–H and O–H groups in total. The van der Waals surface area contributed by atoms with Crippen LogP contribution in [0.25, 0.3) is 0 Å². The van der Waals surface area contributed by atoms with E-state index in [2.05, 4.69) is 21.9 Å². The van der Waals surface area contributed by atoms with Gasteiger partial charge in [-0.15, -0.1) is 0 Å². The van der Waals surface area contributed by atoms with Gasteiger partial charge in [0.15, 0.2) is 0 Å². The van der Waals surface area contributed by atoms with Crippen molar-refractivity contribution in [1.82, 2.24) is 10.2 Å². The van der Waals surface area contributed by atoms with Crippen LogP contribution >= 0.6 is 0 Å². The fourth-order valence-corrected chi connectivity index (χ4v) is 1.52. The molecule has 0 bridgehead atoms. The van der Waals surface area contributed by atoms with Gasteiger partial charge in [-0.3, -0.25) is 9.69 Å². The Morgan fingerprint density at radius 1 is 1.47 bits per heavy atom. The Kier molecular flexibility index (Phi) is 4.55. The van der Waals surface area contributed by atoms with Gasteiger partial charge in [0.2, 0.25) is 0 Å². The van der Waals surface area contributed by atoms with E-state index in [-0.39, 0.29) is 0 Å². The first-order valence-corrected chi connectivity index (χ1v) is 5.29. The van der Waals surface area contributed by atoms with Gasteiger partial charge >= 0.3 is 11.9 Å². The standard InChI is InChI=1S/C10H18N2O3/c1-3-12(8-4-5-8)7-6-11-9(13)10(14)15-2/h8H,3-7H2,1-2H3,(H,11,13). The van der Waals surface area contributed by atoms with Crippen molar-refractivity contribution in [2.45, 2.75) is 25.8 Å². The number of amides is 1. The highest BCUT2D eigenvalue weighted by molar-refractivity contribution is 6.32. The van der Waals surface area contributed by atoms with Gasteiger partial charge in [-0.05, 0) is 19.4 Å². The Morgan fingerprint density at radius 2 is 2.13 bits per heavy atom. The highest BCUT2D eigenvalue weighted by Gasteiger charge is 2.27. The van der Waals surface area contributed by atoms with E-state index in [9.17, 15) is 9.59 Å². The molecule has 5 nitrogen and oxygen atoms in total. The molecule has 0 spiro atoms. The number of hydrogen-bond donors (Lipinski definition) is 1. The summed E-state index contributed by atoms with van der Waals surface area (Å²) < 4.78 is 4.29. The van der Waals surface area contributed by atoms with Crippen molar-refractivity contribution >= 4 is 11.9 Å². The van der Waals surface area contributed by atoms with Crippen LogP contribution in [-0.2, 0) is 14.3 Å². The maximum absolute atomic E-state index is 11.0. The molecular formula is C10H18N2O3.